The second-order valence-corrected chi connectivity index (χ2v) is 6.51. The number of carbonyl (C=O) groups excluding carboxylic acids is 2. The molecule has 0 unspecified atom stereocenters. The van der Waals surface area contributed by atoms with E-state index < -0.39 is 41.3 Å². The first kappa shape index (κ1) is 21.1. The Kier molecular flexibility index (Phi) is 5.91. The van der Waals surface area contributed by atoms with Crippen LogP contribution in [0.15, 0.2) is 59.4 Å². The molecule has 0 atom stereocenters. The predicted octanol–water partition coefficient (Wildman–Crippen LogP) is 3.65. The molecule has 9 heteroatoms. The number of hydrogen-bond acceptors (Lipinski definition) is 3. The molecule has 0 fully saturated rings. The molecule has 156 valence electrons. The normalized spacial score (nSPS) is 11.3. The maximum atomic E-state index is 13.1. The van der Waals surface area contributed by atoms with Crippen molar-refractivity contribution in [2.24, 2.45) is 0 Å². The standard InChI is InChI=1S/C21H18F3N3O3/c1-2-27(12-18(28)25-17-10-6-4-8-15(17)21(22,23)24)20(30)14-11-13-7-3-5-9-16(13)26-19(14)29/h3-11H,2,12H2,1H3,(H,25,28)(H,26,29). The number of para-hydroxylation sites is 2. The fourth-order valence-corrected chi connectivity index (χ4v) is 3.01. The van der Waals surface area contributed by atoms with E-state index in [9.17, 15) is 27.6 Å². The third-order valence-electron chi connectivity index (χ3n) is 4.49. The zero-order valence-corrected chi connectivity index (χ0v) is 15.9. The van der Waals surface area contributed by atoms with Crippen molar-refractivity contribution in [3.05, 3.63) is 76.1 Å². The molecule has 2 N–H and O–H groups in total. The number of likely N-dealkylation sites (N-methyl/N-ethyl adjacent to an activating group) is 1. The molecular formula is C21H18F3N3O3. The molecule has 0 spiro atoms. The number of amides is 2. The number of hydrogen-bond donors (Lipinski definition) is 2. The largest absolute Gasteiger partial charge is 0.418 e. The van der Waals surface area contributed by atoms with Gasteiger partial charge in [0.15, 0.2) is 0 Å². The van der Waals surface area contributed by atoms with Crippen LogP contribution in [0.3, 0.4) is 0 Å². The highest BCUT2D eigenvalue weighted by molar-refractivity contribution is 6.01. The number of fused-ring (bicyclic) bond motifs is 1. The first-order valence-electron chi connectivity index (χ1n) is 9.08. The number of alkyl halides is 3. The van der Waals surface area contributed by atoms with Crippen LogP contribution in [-0.2, 0) is 11.0 Å². The molecule has 0 saturated heterocycles. The van der Waals surface area contributed by atoms with Crippen molar-refractivity contribution in [3.8, 4) is 0 Å². The van der Waals surface area contributed by atoms with Gasteiger partial charge in [-0.1, -0.05) is 30.3 Å². The van der Waals surface area contributed by atoms with Crippen molar-refractivity contribution < 1.29 is 22.8 Å². The first-order valence-corrected chi connectivity index (χ1v) is 9.08. The molecule has 0 bridgehead atoms. The van der Waals surface area contributed by atoms with Crippen LogP contribution in [0, 0.1) is 0 Å². The van der Waals surface area contributed by atoms with Gasteiger partial charge in [0.1, 0.15) is 12.1 Å². The lowest BCUT2D eigenvalue weighted by molar-refractivity contribution is -0.137. The minimum absolute atomic E-state index is 0.0828. The molecule has 2 aromatic carbocycles. The quantitative estimate of drug-likeness (QED) is 0.665. The summed E-state index contributed by atoms with van der Waals surface area (Å²) in [6.45, 7) is 1.18. The van der Waals surface area contributed by atoms with Crippen molar-refractivity contribution in [1.82, 2.24) is 9.88 Å². The Morgan fingerprint density at radius 3 is 2.43 bits per heavy atom. The topological polar surface area (TPSA) is 82.3 Å². The smallest absolute Gasteiger partial charge is 0.329 e. The number of carbonyl (C=O) groups is 2. The van der Waals surface area contributed by atoms with E-state index in [2.05, 4.69) is 10.3 Å². The summed E-state index contributed by atoms with van der Waals surface area (Å²) in [7, 11) is 0. The Morgan fingerprint density at radius 1 is 1.07 bits per heavy atom. The van der Waals surface area contributed by atoms with Gasteiger partial charge in [-0.25, -0.2) is 0 Å². The van der Waals surface area contributed by atoms with Crippen molar-refractivity contribution in [3.63, 3.8) is 0 Å². The summed E-state index contributed by atoms with van der Waals surface area (Å²) in [4.78, 5) is 41.1. The van der Waals surface area contributed by atoms with Crippen molar-refractivity contribution >= 4 is 28.4 Å². The molecule has 30 heavy (non-hydrogen) atoms. The van der Waals surface area contributed by atoms with Gasteiger partial charge < -0.3 is 15.2 Å². The van der Waals surface area contributed by atoms with Gasteiger partial charge in [-0.05, 0) is 36.6 Å². The van der Waals surface area contributed by atoms with E-state index in [4.69, 9.17) is 0 Å². The highest BCUT2D eigenvalue weighted by Crippen LogP contribution is 2.34. The zero-order chi connectivity index (χ0) is 21.9. The lowest BCUT2D eigenvalue weighted by Gasteiger charge is -2.21. The monoisotopic (exact) mass is 417 g/mol. The molecule has 0 aliphatic rings. The molecule has 1 aromatic heterocycles. The van der Waals surface area contributed by atoms with E-state index in [0.717, 1.165) is 17.0 Å². The average molecular weight is 417 g/mol. The Balaban J connectivity index is 1.81. The van der Waals surface area contributed by atoms with Crippen LogP contribution in [0.1, 0.15) is 22.8 Å². The number of aromatic nitrogens is 1. The molecule has 3 aromatic rings. The van der Waals surface area contributed by atoms with Crippen molar-refractivity contribution in [1.29, 1.82) is 0 Å². The van der Waals surface area contributed by atoms with Crippen molar-refractivity contribution in [2.75, 3.05) is 18.4 Å². The summed E-state index contributed by atoms with van der Waals surface area (Å²) in [6.07, 6.45) is -4.64. The molecule has 0 radical (unpaired) electrons. The van der Waals surface area contributed by atoms with Crippen LogP contribution < -0.4 is 10.9 Å². The molecule has 0 aliphatic carbocycles. The van der Waals surface area contributed by atoms with E-state index in [1.54, 1.807) is 31.2 Å². The summed E-state index contributed by atoms with van der Waals surface area (Å²) in [5, 5.41) is 2.83. The van der Waals surface area contributed by atoms with Crippen LogP contribution in [0.2, 0.25) is 0 Å². The van der Waals surface area contributed by atoms with E-state index >= 15 is 0 Å². The van der Waals surface area contributed by atoms with E-state index in [0.29, 0.717) is 10.9 Å². The van der Waals surface area contributed by atoms with Gasteiger partial charge in [-0.2, -0.15) is 13.2 Å². The van der Waals surface area contributed by atoms with Crippen molar-refractivity contribution in [2.45, 2.75) is 13.1 Å². The third kappa shape index (κ3) is 4.51. The Bertz CT molecular complexity index is 1160. The highest BCUT2D eigenvalue weighted by Gasteiger charge is 2.33. The molecule has 3 rings (SSSR count). The number of anilines is 1. The third-order valence-corrected chi connectivity index (χ3v) is 4.49. The maximum Gasteiger partial charge on any atom is 0.418 e. The number of rotatable bonds is 5. The van der Waals surface area contributed by atoms with Gasteiger partial charge in [0.2, 0.25) is 5.91 Å². The SMILES string of the molecule is CCN(CC(=O)Nc1ccccc1C(F)(F)F)C(=O)c1cc2ccccc2[nH]c1=O. The van der Waals surface area contributed by atoms with Crippen LogP contribution in [-0.4, -0.2) is 34.8 Å². The highest BCUT2D eigenvalue weighted by atomic mass is 19.4. The van der Waals surface area contributed by atoms with E-state index in [1.807, 2.05) is 0 Å². The number of pyridine rings is 1. The predicted molar refractivity (Wildman–Crippen MR) is 106 cm³/mol. The van der Waals surface area contributed by atoms with E-state index in [-0.39, 0.29) is 12.1 Å². The summed E-state index contributed by atoms with van der Waals surface area (Å²) >= 11 is 0. The Labute approximate surface area is 169 Å². The van der Waals surface area contributed by atoms with Gasteiger partial charge in [0.25, 0.3) is 11.5 Å². The second-order valence-electron chi connectivity index (χ2n) is 6.51. The molecule has 6 nitrogen and oxygen atoms in total. The summed E-state index contributed by atoms with van der Waals surface area (Å²) < 4.78 is 39.3. The molecule has 1 heterocycles. The summed E-state index contributed by atoms with van der Waals surface area (Å²) in [5.74, 6) is -1.50. The van der Waals surface area contributed by atoms with E-state index in [1.165, 1.54) is 18.2 Å². The fraction of sp³-hybridized carbons (Fsp3) is 0.190. The minimum atomic E-state index is -4.64. The summed E-state index contributed by atoms with van der Waals surface area (Å²) in [5.41, 5.74) is -1.59. The number of aromatic amines is 1. The number of H-pyrrole nitrogens is 1. The minimum Gasteiger partial charge on any atom is -0.329 e. The van der Waals surface area contributed by atoms with Gasteiger partial charge in [0, 0.05) is 12.1 Å². The maximum absolute atomic E-state index is 13.1. The number of nitrogens with one attached hydrogen (secondary N) is 2. The second kappa shape index (κ2) is 8.40. The van der Waals surface area contributed by atoms with Gasteiger partial charge >= 0.3 is 6.18 Å². The fourth-order valence-electron chi connectivity index (χ4n) is 3.01. The van der Waals surface area contributed by atoms with Gasteiger partial charge in [0.05, 0.1) is 11.3 Å². The lowest BCUT2D eigenvalue weighted by Crippen LogP contribution is -2.40. The number of halogens is 3. The number of nitrogens with zero attached hydrogens (tertiary/aromatic N) is 1. The van der Waals surface area contributed by atoms with Crippen LogP contribution in [0.5, 0.6) is 0 Å². The Hall–Kier alpha value is -3.62. The molecule has 0 aliphatic heterocycles. The molecule has 0 saturated carbocycles. The van der Waals surface area contributed by atoms with Gasteiger partial charge in [-0.3, -0.25) is 14.4 Å². The first-order chi connectivity index (χ1) is 14.2. The zero-order valence-electron chi connectivity index (χ0n) is 15.9. The molecule has 2 amide bonds. The van der Waals surface area contributed by atoms with Crippen LogP contribution in [0.4, 0.5) is 18.9 Å². The average Bonchev–Trinajstić information content (AvgIpc) is 2.70. The summed E-state index contributed by atoms with van der Waals surface area (Å²) in [6, 6.07) is 12.9. The molecular weight excluding hydrogens is 399 g/mol. The number of benzene rings is 2. The van der Waals surface area contributed by atoms with Crippen LogP contribution in [0.25, 0.3) is 10.9 Å². The van der Waals surface area contributed by atoms with Crippen LogP contribution >= 0.6 is 0 Å². The van der Waals surface area contributed by atoms with Gasteiger partial charge in [-0.15, -0.1) is 0 Å². The Morgan fingerprint density at radius 2 is 1.73 bits per heavy atom. The lowest BCUT2D eigenvalue weighted by atomic mass is 10.1.